The summed E-state index contributed by atoms with van der Waals surface area (Å²) in [4.78, 5) is 29.4. The summed E-state index contributed by atoms with van der Waals surface area (Å²) in [6.07, 6.45) is 10.3. The fourth-order valence-corrected chi connectivity index (χ4v) is 7.17. The lowest BCUT2D eigenvalue weighted by Gasteiger charge is -2.41. The molecule has 12 heteroatoms. The van der Waals surface area contributed by atoms with Crippen molar-refractivity contribution in [2.45, 2.75) is 89.6 Å². The number of allylic oxidation sites excluding steroid dienone is 3. The zero-order chi connectivity index (χ0) is 34.1. The van der Waals surface area contributed by atoms with Gasteiger partial charge in [0.2, 0.25) is 5.79 Å². The molecule has 4 heterocycles. The van der Waals surface area contributed by atoms with E-state index in [2.05, 4.69) is 37.9 Å². The first-order valence-corrected chi connectivity index (χ1v) is 16.2. The molecule has 1 saturated heterocycles. The van der Waals surface area contributed by atoms with Gasteiger partial charge in [0.25, 0.3) is 0 Å². The summed E-state index contributed by atoms with van der Waals surface area (Å²) in [5.74, 6) is -1.90. The highest BCUT2D eigenvalue weighted by atomic mass is 16.7. The van der Waals surface area contributed by atoms with Crippen molar-refractivity contribution in [2.75, 3.05) is 20.3 Å². The number of aryl methyl sites for hydroxylation is 1. The van der Waals surface area contributed by atoms with Crippen molar-refractivity contribution in [3.05, 3.63) is 59.7 Å². The van der Waals surface area contributed by atoms with Gasteiger partial charge in [0.15, 0.2) is 12.4 Å². The predicted octanol–water partition coefficient (Wildman–Crippen LogP) is 3.24. The minimum absolute atomic E-state index is 0.0137. The van der Waals surface area contributed by atoms with Crippen LogP contribution in [-0.2, 0) is 45.1 Å². The van der Waals surface area contributed by atoms with Gasteiger partial charge in [-0.3, -0.25) is 4.79 Å². The lowest BCUT2D eigenvalue weighted by Crippen LogP contribution is -2.55. The Morgan fingerprint density at radius 2 is 2.00 bits per heavy atom. The van der Waals surface area contributed by atoms with Crippen LogP contribution in [0.5, 0.6) is 0 Å². The van der Waals surface area contributed by atoms with E-state index in [0.29, 0.717) is 23.6 Å². The number of carbonyl (C=O) groups excluding carboxylic acids is 2. The zero-order valence-electron chi connectivity index (χ0n) is 28.2. The van der Waals surface area contributed by atoms with Crippen LogP contribution in [0.3, 0.4) is 0 Å². The van der Waals surface area contributed by atoms with Gasteiger partial charge < -0.3 is 43.2 Å². The second-order valence-corrected chi connectivity index (χ2v) is 13.6. The van der Waals surface area contributed by atoms with E-state index >= 15 is 0 Å². The summed E-state index contributed by atoms with van der Waals surface area (Å²) in [7, 11) is 3.40. The van der Waals surface area contributed by atoms with E-state index in [4.69, 9.17) is 28.4 Å². The molecule has 3 aliphatic heterocycles. The number of fused-ring (bicyclic) bond motifs is 3. The molecule has 1 aliphatic carbocycles. The molecule has 0 saturated carbocycles. The lowest BCUT2D eigenvalue weighted by atomic mass is 9.65. The quantitative estimate of drug-likeness (QED) is 0.229. The Morgan fingerprint density at radius 1 is 1.23 bits per heavy atom. The van der Waals surface area contributed by atoms with Crippen LogP contribution >= 0.6 is 0 Å². The highest BCUT2D eigenvalue weighted by molar-refractivity contribution is 5.86. The molecule has 4 aliphatic rings. The molecule has 0 radical (unpaired) electrons. The third-order valence-corrected chi connectivity index (χ3v) is 9.88. The summed E-state index contributed by atoms with van der Waals surface area (Å²) < 4.78 is 38.1. The number of carbonyl (C=O) groups is 2. The summed E-state index contributed by atoms with van der Waals surface area (Å²) in [6, 6.07) is 0. The van der Waals surface area contributed by atoms with E-state index in [0.717, 1.165) is 6.42 Å². The Hall–Kier alpha value is -3.13. The van der Waals surface area contributed by atoms with Crippen LogP contribution in [0, 0.1) is 23.7 Å². The van der Waals surface area contributed by atoms with Gasteiger partial charge >= 0.3 is 11.9 Å². The molecular formula is C35H48N2O10. The van der Waals surface area contributed by atoms with Crippen LogP contribution in [0.15, 0.2) is 54.1 Å². The zero-order valence-corrected chi connectivity index (χ0v) is 28.2. The molecule has 0 unspecified atom stereocenters. The second kappa shape index (κ2) is 14.2. The average molecular weight is 657 g/mol. The number of esters is 2. The Labute approximate surface area is 276 Å². The fraction of sp³-hybridized carbons (Fsp3) is 0.629. The number of aliphatic hydroxyl groups is 2. The van der Waals surface area contributed by atoms with E-state index in [1.54, 1.807) is 30.3 Å². The Balaban J connectivity index is 1.49. The van der Waals surface area contributed by atoms with Gasteiger partial charge in [-0.1, -0.05) is 31.6 Å². The standard InChI is InChI=1S/C35H48N2O10/c1-20(2)25-10-8-21(3)26-15-29(46-30(40)11-9-24-16-37(6)19-36-24)34(5)12-13-35(42-7,47-34)23(14-27(25)26)17-43-33-32(45-22(4)38)31(41)28(39)18-44-33/h8-9,11-14,16,19-20,25-29,31-33,39,41H,10,15,17-18H2,1-7H3/b11-9-,23-14-/t25-,26+,27-,28-,29+,31-,32+,33-,34+,35-/m1/s1. The minimum atomic E-state index is -1.39. The van der Waals surface area contributed by atoms with Crippen molar-refractivity contribution in [3.8, 4) is 0 Å². The van der Waals surface area contributed by atoms with Crippen molar-refractivity contribution >= 4 is 18.0 Å². The maximum atomic E-state index is 13.3. The van der Waals surface area contributed by atoms with Crippen molar-refractivity contribution < 1.29 is 48.2 Å². The molecular weight excluding hydrogens is 608 g/mol. The van der Waals surface area contributed by atoms with E-state index in [1.807, 2.05) is 26.1 Å². The molecule has 12 nitrogen and oxygen atoms in total. The van der Waals surface area contributed by atoms with Crippen LogP contribution in [0.25, 0.3) is 6.08 Å². The van der Waals surface area contributed by atoms with Gasteiger partial charge in [-0.05, 0) is 68.6 Å². The number of ether oxygens (including phenoxy) is 6. The maximum Gasteiger partial charge on any atom is 0.331 e. The first kappa shape index (κ1) is 35.2. The number of hydrogen-bond donors (Lipinski definition) is 2. The van der Waals surface area contributed by atoms with E-state index in [9.17, 15) is 19.8 Å². The van der Waals surface area contributed by atoms with Crippen LogP contribution in [0.2, 0.25) is 0 Å². The number of aliphatic hydroxyl groups excluding tert-OH is 2. The molecule has 2 bridgehead atoms. The molecule has 5 rings (SSSR count). The van der Waals surface area contributed by atoms with Gasteiger partial charge in [0.1, 0.15) is 23.9 Å². The van der Waals surface area contributed by atoms with Gasteiger partial charge in [-0.25, -0.2) is 9.78 Å². The predicted molar refractivity (Wildman–Crippen MR) is 170 cm³/mol. The average Bonchev–Trinajstić information content (AvgIpc) is 3.61. The minimum Gasteiger partial charge on any atom is -0.456 e. The largest absolute Gasteiger partial charge is 0.456 e. The molecule has 2 N–H and O–H groups in total. The monoisotopic (exact) mass is 656 g/mol. The highest BCUT2D eigenvalue weighted by Gasteiger charge is 2.54. The van der Waals surface area contributed by atoms with Gasteiger partial charge in [0, 0.05) is 38.9 Å². The van der Waals surface area contributed by atoms with E-state index in [-0.39, 0.29) is 31.0 Å². The molecule has 0 amide bonds. The van der Waals surface area contributed by atoms with Gasteiger partial charge in [-0.15, -0.1) is 0 Å². The summed E-state index contributed by atoms with van der Waals surface area (Å²) in [5.41, 5.74) is 1.43. The number of rotatable bonds is 9. The smallest absolute Gasteiger partial charge is 0.331 e. The molecule has 1 aromatic rings. The molecule has 258 valence electrons. The number of imidazole rings is 1. The Morgan fingerprint density at radius 3 is 2.66 bits per heavy atom. The normalized spacial score (nSPS) is 38.2. The maximum absolute atomic E-state index is 13.3. The Bertz CT molecular complexity index is 1430. The topological polar surface area (TPSA) is 148 Å². The van der Waals surface area contributed by atoms with Crippen molar-refractivity contribution in [1.29, 1.82) is 0 Å². The van der Waals surface area contributed by atoms with Crippen molar-refractivity contribution in [2.24, 2.45) is 30.7 Å². The van der Waals surface area contributed by atoms with E-state index < -0.39 is 54.0 Å². The molecule has 0 aromatic carbocycles. The summed E-state index contributed by atoms with van der Waals surface area (Å²) in [6.45, 7) is 9.36. The molecule has 47 heavy (non-hydrogen) atoms. The van der Waals surface area contributed by atoms with Crippen molar-refractivity contribution in [1.82, 2.24) is 9.55 Å². The number of aromatic nitrogens is 2. The first-order valence-electron chi connectivity index (χ1n) is 16.2. The Kier molecular flexibility index (Phi) is 10.6. The number of hydrogen-bond acceptors (Lipinski definition) is 11. The fourth-order valence-electron chi connectivity index (χ4n) is 7.17. The van der Waals surface area contributed by atoms with Gasteiger partial charge in [0.05, 0.1) is 25.2 Å². The van der Waals surface area contributed by atoms with Crippen LogP contribution in [-0.4, -0.2) is 94.1 Å². The van der Waals surface area contributed by atoms with Gasteiger partial charge in [-0.2, -0.15) is 0 Å². The molecule has 10 atom stereocenters. The third-order valence-electron chi connectivity index (χ3n) is 9.88. The molecule has 0 spiro atoms. The summed E-state index contributed by atoms with van der Waals surface area (Å²) >= 11 is 0. The first-order chi connectivity index (χ1) is 22.2. The molecule has 1 aromatic heterocycles. The van der Waals surface area contributed by atoms with Crippen LogP contribution < -0.4 is 0 Å². The number of methoxy groups -OCH3 is 1. The highest BCUT2D eigenvalue weighted by Crippen LogP contribution is 2.49. The SMILES string of the molecule is CO[C@]12C=C[C@](C)(O1)[C@@H](OC(=O)/C=C\c1cn(C)cn1)C[C@H]1C(C)=CC[C@H](C(C)C)[C@H]1/C=C\2CO[C@@H]1OC[C@@H](O)[C@@H](O)[C@@H]1OC(C)=O. The molecule has 1 fully saturated rings. The lowest BCUT2D eigenvalue weighted by molar-refractivity contribution is -0.277. The second-order valence-electron chi connectivity index (χ2n) is 13.6. The van der Waals surface area contributed by atoms with Crippen LogP contribution in [0.4, 0.5) is 0 Å². The number of nitrogens with zero attached hydrogens (tertiary/aromatic N) is 2. The third kappa shape index (κ3) is 7.48. The van der Waals surface area contributed by atoms with Crippen molar-refractivity contribution in [3.63, 3.8) is 0 Å². The van der Waals surface area contributed by atoms with Crippen LogP contribution in [0.1, 0.15) is 53.2 Å². The van der Waals surface area contributed by atoms with E-state index in [1.165, 1.54) is 18.6 Å². The summed E-state index contributed by atoms with van der Waals surface area (Å²) in [5, 5.41) is 20.8.